The van der Waals surface area contributed by atoms with Crippen LogP contribution in [0, 0.1) is 0 Å². The van der Waals surface area contributed by atoms with Gasteiger partial charge in [0, 0.05) is 36.3 Å². The zero-order chi connectivity index (χ0) is 16.2. The minimum Gasteiger partial charge on any atom is -0.338 e. The molecule has 0 bridgehead atoms. The van der Waals surface area contributed by atoms with Crippen LogP contribution in [0.15, 0.2) is 42.6 Å². The second-order valence-electron chi connectivity index (χ2n) is 5.43. The average molecular weight is 330 g/mol. The number of benzene rings is 1. The van der Waals surface area contributed by atoms with Crippen molar-refractivity contribution >= 4 is 29.2 Å². The first kappa shape index (κ1) is 15.5. The fraction of sp³-hybridized carbons (Fsp3) is 0.235. The van der Waals surface area contributed by atoms with Crippen LogP contribution in [-0.4, -0.2) is 28.2 Å². The highest BCUT2D eigenvalue weighted by atomic mass is 35.5. The first-order valence-electron chi connectivity index (χ1n) is 7.41. The summed E-state index contributed by atoms with van der Waals surface area (Å²) in [6.07, 6.45) is 3.09. The van der Waals surface area contributed by atoms with Crippen LogP contribution in [0.1, 0.15) is 28.8 Å². The number of halogens is 1. The lowest BCUT2D eigenvalue weighted by Crippen LogP contribution is -2.23. The lowest BCUT2D eigenvalue weighted by atomic mass is 10.1. The molecule has 118 valence electrons. The van der Waals surface area contributed by atoms with Crippen molar-refractivity contribution in [1.29, 1.82) is 0 Å². The van der Waals surface area contributed by atoms with Gasteiger partial charge in [0.25, 0.3) is 5.91 Å². The van der Waals surface area contributed by atoms with Gasteiger partial charge in [0.15, 0.2) is 0 Å². The van der Waals surface area contributed by atoms with Crippen molar-refractivity contribution in [1.82, 2.24) is 9.88 Å². The molecule has 0 saturated carbocycles. The molecule has 2 aromatic rings. The Morgan fingerprint density at radius 2 is 2.04 bits per heavy atom. The summed E-state index contributed by atoms with van der Waals surface area (Å²) >= 11 is 5.86. The number of aromatic nitrogens is 1. The number of nitrogens with zero attached hydrogens (tertiary/aromatic N) is 2. The molecule has 23 heavy (non-hydrogen) atoms. The van der Waals surface area contributed by atoms with E-state index in [0.29, 0.717) is 29.4 Å². The Balaban J connectivity index is 1.64. The molecule has 2 heterocycles. The molecular formula is C17H16ClN3O2. The molecule has 1 N–H and O–H groups in total. The van der Waals surface area contributed by atoms with Gasteiger partial charge in [-0.3, -0.25) is 9.59 Å². The molecule has 5 nitrogen and oxygen atoms in total. The Kier molecular flexibility index (Phi) is 4.57. The number of amides is 2. The molecule has 1 fully saturated rings. The summed E-state index contributed by atoms with van der Waals surface area (Å²) in [6.45, 7) is 1.40. The van der Waals surface area contributed by atoms with E-state index in [2.05, 4.69) is 10.3 Å². The van der Waals surface area contributed by atoms with Gasteiger partial charge in [0.05, 0.1) is 0 Å². The van der Waals surface area contributed by atoms with E-state index in [1.807, 2.05) is 17.0 Å². The van der Waals surface area contributed by atoms with E-state index in [9.17, 15) is 9.59 Å². The lowest BCUT2D eigenvalue weighted by Gasteiger charge is -2.15. The van der Waals surface area contributed by atoms with Crippen molar-refractivity contribution in [2.45, 2.75) is 19.4 Å². The summed E-state index contributed by atoms with van der Waals surface area (Å²) in [6, 6.07) is 10.5. The molecule has 1 aromatic carbocycles. The number of hydrogen-bond donors (Lipinski definition) is 1. The third-order valence-electron chi connectivity index (χ3n) is 3.72. The Morgan fingerprint density at radius 3 is 2.70 bits per heavy atom. The molecule has 1 aliphatic heterocycles. The molecule has 1 aliphatic rings. The van der Waals surface area contributed by atoms with E-state index in [1.165, 1.54) is 6.20 Å². The summed E-state index contributed by atoms with van der Waals surface area (Å²) in [5.74, 6) is 0.358. The zero-order valence-electron chi connectivity index (χ0n) is 12.5. The predicted octanol–water partition coefficient (Wildman–Crippen LogP) is 3.11. The number of rotatable bonds is 4. The van der Waals surface area contributed by atoms with E-state index < -0.39 is 0 Å². The molecule has 0 spiro atoms. The van der Waals surface area contributed by atoms with Gasteiger partial charge in [-0.25, -0.2) is 4.98 Å². The highest BCUT2D eigenvalue weighted by molar-refractivity contribution is 6.30. The Hall–Kier alpha value is -2.40. The maximum Gasteiger partial charge on any atom is 0.256 e. The van der Waals surface area contributed by atoms with Crippen LogP contribution >= 0.6 is 11.6 Å². The maximum atomic E-state index is 12.2. The Labute approximate surface area is 139 Å². The van der Waals surface area contributed by atoms with Crippen LogP contribution < -0.4 is 5.32 Å². The summed E-state index contributed by atoms with van der Waals surface area (Å²) in [5.41, 5.74) is 1.54. The smallest absolute Gasteiger partial charge is 0.256 e. The van der Waals surface area contributed by atoms with Crippen LogP contribution in [0.25, 0.3) is 0 Å². The van der Waals surface area contributed by atoms with Crippen LogP contribution in [-0.2, 0) is 11.3 Å². The second kappa shape index (κ2) is 6.79. The van der Waals surface area contributed by atoms with E-state index in [0.717, 1.165) is 18.5 Å². The monoisotopic (exact) mass is 329 g/mol. The molecule has 1 saturated heterocycles. The van der Waals surface area contributed by atoms with Gasteiger partial charge in [-0.05, 0) is 36.2 Å². The number of nitrogens with one attached hydrogen (secondary N) is 1. The number of hydrogen-bond acceptors (Lipinski definition) is 3. The topological polar surface area (TPSA) is 62.3 Å². The Bertz CT molecular complexity index is 731. The SMILES string of the molecule is O=C(Nc1cc(Cl)ccn1)c1ccc(CN2CCCC2=O)cc1. The summed E-state index contributed by atoms with van der Waals surface area (Å²) in [4.78, 5) is 29.7. The average Bonchev–Trinajstić information content (AvgIpc) is 2.93. The van der Waals surface area contributed by atoms with Gasteiger partial charge in [-0.1, -0.05) is 23.7 Å². The van der Waals surface area contributed by atoms with E-state index >= 15 is 0 Å². The molecule has 6 heteroatoms. The maximum absolute atomic E-state index is 12.2. The highest BCUT2D eigenvalue weighted by Crippen LogP contribution is 2.16. The number of pyridine rings is 1. The van der Waals surface area contributed by atoms with E-state index in [1.54, 1.807) is 24.3 Å². The van der Waals surface area contributed by atoms with Crippen LogP contribution in [0.5, 0.6) is 0 Å². The lowest BCUT2D eigenvalue weighted by molar-refractivity contribution is -0.128. The summed E-state index contributed by atoms with van der Waals surface area (Å²) in [7, 11) is 0. The van der Waals surface area contributed by atoms with E-state index in [-0.39, 0.29) is 11.8 Å². The Morgan fingerprint density at radius 1 is 1.26 bits per heavy atom. The number of carbonyl (C=O) groups excluding carboxylic acids is 2. The van der Waals surface area contributed by atoms with Crippen LogP contribution in [0.3, 0.4) is 0 Å². The number of anilines is 1. The third-order valence-corrected chi connectivity index (χ3v) is 3.96. The first-order valence-corrected chi connectivity index (χ1v) is 7.79. The molecule has 2 amide bonds. The van der Waals surface area contributed by atoms with E-state index in [4.69, 9.17) is 11.6 Å². The van der Waals surface area contributed by atoms with Crippen LogP contribution in [0.2, 0.25) is 5.02 Å². The van der Waals surface area contributed by atoms with Crippen molar-refractivity contribution in [2.75, 3.05) is 11.9 Å². The normalized spacial score (nSPS) is 14.1. The van der Waals surface area contributed by atoms with Crippen molar-refractivity contribution < 1.29 is 9.59 Å². The second-order valence-corrected chi connectivity index (χ2v) is 5.87. The minimum atomic E-state index is -0.247. The van der Waals surface area contributed by atoms with Crippen molar-refractivity contribution in [3.8, 4) is 0 Å². The van der Waals surface area contributed by atoms with Gasteiger partial charge >= 0.3 is 0 Å². The predicted molar refractivity (Wildman–Crippen MR) is 88.3 cm³/mol. The van der Waals surface area contributed by atoms with Crippen LogP contribution in [0.4, 0.5) is 5.82 Å². The molecule has 1 aromatic heterocycles. The zero-order valence-corrected chi connectivity index (χ0v) is 13.2. The van der Waals surface area contributed by atoms with Gasteiger partial charge in [0.1, 0.15) is 5.82 Å². The first-order chi connectivity index (χ1) is 11.1. The number of carbonyl (C=O) groups is 2. The molecule has 0 aliphatic carbocycles. The standard InChI is InChI=1S/C17H16ClN3O2/c18-14-7-8-19-15(10-14)20-17(23)13-5-3-12(4-6-13)11-21-9-1-2-16(21)22/h3-8,10H,1-2,9,11H2,(H,19,20,23). The van der Waals surface area contributed by atoms with Gasteiger partial charge in [-0.15, -0.1) is 0 Å². The number of likely N-dealkylation sites (tertiary alicyclic amines) is 1. The van der Waals surface area contributed by atoms with Gasteiger partial charge in [-0.2, -0.15) is 0 Å². The largest absolute Gasteiger partial charge is 0.338 e. The van der Waals surface area contributed by atoms with Crippen molar-refractivity contribution in [3.05, 3.63) is 58.7 Å². The molecular weight excluding hydrogens is 314 g/mol. The highest BCUT2D eigenvalue weighted by Gasteiger charge is 2.20. The van der Waals surface area contributed by atoms with Crippen molar-refractivity contribution in [2.24, 2.45) is 0 Å². The summed E-state index contributed by atoms with van der Waals surface area (Å²) < 4.78 is 0. The molecule has 0 unspecified atom stereocenters. The van der Waals surface area contributed by atoms with Gasteiger partial charge < -0.3 is 10.2 Å². The molecule has 3 rings (SSSR count). The molecule has 0 atom stereocenters. The summed E-state index contributed by atoms with van der Waals surface area (Å²) in [5, 5.41) is 3.21. The minimum absolute atomic E-state index is 0.193. The van der Waals surface area contributed by atoms with Gasteiger partial charge in [0.2, 0.25) is 5.91 Å². The fourth-order valence-electron chi connectivity index (χ4n) is 2.51. The molecule has 0 radical (unpaired) electrons. The van der Waals surface area contributed by atoms with Crippen molar-refractivity contribution in [3.63, 3.8) is 0 Å². The fourth-order valence-corrected chi connectivity index (χ4v) is 2.67. The quantitative estimate of drug-likeness (QED) is 0.937. The third kappa shape index (κ3) is 3.87.